The highest BCUT2D eigenvalue weighted by Gasteiger charge is 2.27. The van der Waals surface area contributed by atoms with E-state index in [1.807, 2.05) is 0 Å². The molecule has 0 radical (unpaired) electrons. The fraction of sp³-hybridized carbons (Fsp3) is 0.156. The Labute approximate surface area is 236 Å². The SMILES string of the molecule is Cc1[nH]c(/C=C2\C(=O)Nc3ccc(C(=O)N[C@H](C)c4ccc(F)cc4)cc32)c(C)c1NC(=O)[C@@H](O)c1ccccc1. The molecule has 0 fully saturated rings. The molecule has 208 valence electrons. The van der Waals surface area contributed by atoms with E-state index in [-0.39, 0.29) is 23.7 Å². The molecule has 0 aliphatic carbocycles. The van der Waals surface area contributed by atoms with Crippen molar-refractivity contribution in [2.45, 2.75) is 32.9 Å². The quantitative estimate of drug-likeness (QED) is 0.196. The highest BCUT2D eigenvalue weighted by atomic mass is 19.1. The lowest BCUT2D eigenvalue weighted by Crippen LogP contribution is -2.26. The number of hydrogen-bond donors (Lipinski definition) is 5. The van der Waals surface area contributed by atoms with Gasteiger partial charge in [-0.3, -0.25) is 14.4 Å². The second kappa shape index (κ2) is 11.2. The molecule has 9 heteroatoms. The van der Waals surface area contributed by atoms with Gasteiger partial charge < -0.3 is 26.0 Å². The van der Waals surface area contributed by atoms with Crippen LogP contribution in [0.15, 0.2) is 72.8 Å². The van der Waals surface area contributed by atoms with E-state index in [0.29, 0.717) is 50.6 Å². The Morgan fingerprint density at radius 3 is 2.39 bits per heavy atom. The maximum absolute atomic E-state index is 13.3. The Kier molecular flexibility index (Phi) is 7.54. The third-order valence-electron chi connectivity index (χ3n) is 7.16. The molecule has 1 aliphatic heterocycles. The zero-order valence-corrected chi connectivity index (χ0v) is 22.7. The molecule has 3 aromatic carbocycles. The van der Waals surface area contributed by atoms with E-state index in [1.165, 1.54) is 12.1 Å². The number of amides is 3. The number of benzene rings is 3. The summed E-state index contributed by atoms with van der Waals surface area (Å²) < 4.78 is 13.3. The van der Waals surface area contributed by atoms with Crippen LogP contribution >= 0.6 is 0 Å². The first-order chi connectivity index (χ1) is 19.6. The number of carbonyl (C=O) groups is 3. The minimum Gasteiger partial charge on any atom is -0.378 e. The van der Waals surface area contributed by atoms with Crippen molar-refractivity contribution in [2.75, 3.05) is 10.6 Å². The van der Waals surface area contributed by atoms with Crippen LogP contribution in [-0.2, 0) is 9.59 Å². The minimum absolute atomic E-state index is 0.325. The molecule has 1 aliphatic rings. The number of fused-ring (bicyclic) bond motifs is 1. The summed E-state index contributed by atoms with van der Waals surface area (Å²) in [6, 6.07) is 19.1. The Balaban J connectivity index is 1.38. The topological polar surface area (TPSA) is 123 Å². The standard InChI is InChI=1S/C32H29FN4O4/c1-17-27(34-19(3)28(17)37-32(41)29(38)21-7-5-4-6-8-21)16-25-24-15-22(11-14-26(24)36-31(25)40)30(39)35-18(2)20-9-12-23(33)13-10-20/h4-16,18,29,34,38H,1-3H3,(H,35,39)(H,36,40)(H,37,41)/b25-16-/t18-,29+/m1/s1. The van der Waals surface area contributed by atoms with Gasteiger partial charge in [0.05, 0.1) is 17.3 Å². The van der Waals surface area contributed by atoms with E-state index < -0.39 is 12.0 Å². The number of H-pyrrole nitrogens is 1. The number of nitrogens with one attached hydrogen (secondary N) is 4. The van der Waals surface area contributed by atoms with Crippen LogP contribution in [0.1, 0.15) is 63.1 Å². The molecule has 0 spiro atoms. The lowest BCUT2D eigenvalue weighted by molar-refractivity contribution is -0.124. The average molecular weight is 553 g/mol. The van der Waals surface area contributed by atoms with E-state index in [9.17, 15) is 23.9 Å². The third kappa shape index (κ3) is 5.66. The number of aromatic nitrogens is 1. The molecule has 8 nitrogen and oxygen atoms in total. The van der Waals surface area contributed by atoms with Gasteiger partial charge in [-0.25, -0.2) is 4.39 Å². The van der Waals surface area contributed by atoms with Gasteiger partial charge in [0.2, 0.25) is 0 Å². The van der Waals surface area contributed by atoms with Crippen molar-refractivity contribution in [3.05, 3.63) is 118 Å². The number of aromatic amines is 1. The number of aliphatic hydroxyl groups excluding tert-OH is 1. The first kappa shape index (κ1) is 27.5. The van der Waals surface area contributed by atoms with Crippen LogP contribution in [0.4, 0.5) is 15.8 Å². The number of carbonyl (C=O) groups excluding carboxylic acids is 3. The second-order valence-corrected chi connectivity index (χ2v) is 9.99. The number of anilines is 2. The van der Waals surface area contributed by atoms with Gasteiger partial charge in [0.15, 0.2) is 6.10 Å². The van der Waals surface area contributed by atoms with Crippen molar-refractivity contribution < 1.29 is 23.9 Å². The van der Waals surface area contributed by atoms with Crippen LogP contribution < -0.4 is 16.0 Å². The van der Waals surface area contributed by atoms with E-state index in [2.05, 4.69) is 20.9 Å². The third-order valence-corrected chi connectivity index (χ3v) is 7.16. The molecule has 4 aromatic rings. The zero-order chi connectivity index (χ0) is 29.3. The summed E-state index contributed by atoms with van der Waals surface area (Å²) in [5, 5.41) is 19.0. The smallest absolute Gasteiger partial charge is 0.257 e. The molecule has 5 rings (SSSR count). The van der Waals surface area contributed by atoms with Crippen molar-refractivity contribution in [1.29, 1.82) is 0 Å². The average Bonchev–Trinajstić information content (AvgIpc) is 3.42. The van der Waals surface area contributed by atoms with Gasteiger partial charge in [0.25, 0.3) is 17.7 Å². The van der Waals surface area contributed by atoms with Crippen LogP contribution in [0.2, 0.25) is 0 Å². The largest absolute Gasteiger partial charge is 0.378 e. The van der Waals surface area contributed by atoms with Gasteiger partial charge in [0, 0.05) is 28.2 Å². The van der Waals surface area contributed by atoms with Gasteiger partial charge in [-0.2, -0.15) is 0 Å². The second-order valence-electron chi connectivity index (χ2n) is 9.99. The summed E-state index contributed by atoms with van der Waals surface area (Å²) >= 11 is 0. The molecule has 1 aromatic heterocycles. The first-order valence-electron chi connectivity index (χ1n) is 13.1. The van der Waals surface area contributed by atoms with Gasteiger partial charge in [-0.05, 0) is 73.9 Å². The minimum atomic E-state index is -1.34. The molecule has 0 bridgehead atoms. The monoisotopic (exact) mass is 552 g/mol. The van der Waals surface area contributed by atoms with Crippen LogP contribution in [0.3, 0.4) is 0 Å². The summed E-state index contributed by atoms with van der Waals surface area (Å²) in [6.45, 7) is 5.39. The van der Waals surface area contributed by atoms with Crippen molar-refractivity contribution in [1.82, 2.24) is 10.3 Å². The molecule has 0 saturated heterocycles. The van der Waals surface area contributed by atoms with Crippen molar-refractivity contribution >= 4 is 40.7 Å². The molecule has 3 amide bonds. The molecule has 0 saturated carbocycles. The van der Waals surface area contributed by atoms with Crippen LogP contribution in [0.5, 0.6) is 0 Å². The number of aliphatic hydroxyl groups is 1. The predicted octanol–water partition coefficient (Wildman–Crippen LogP) is 5.43. The van der Waals surface area contributed by atoms with Crippen molar-refractivity contribution in [3.8, 4) is 0 Å². The van der Waals surface area contributed by atoms with Crippen LogP contribution in [0.25, 0.3) is 11.6 Å². The Morgan fingerprint density at radius 2 is 1.68 bits per heavy atom. The molecule has 5 N–H and O–H groups in total. The van der Waals surface area contributed by atoms with Gasteiger partial charge in [-0.15, -0.1) is 0 Å². The normalized spacial score (nSPS) is 14.8. The van der Waals surface area contributed by atoms with E-state index in [0.717, 1.165) is 5.56 Å². The van der Waals surface area contributed by atoms with Gasteiger partial charge in [-0.1, -0.05) is 42.5 Å². The number of hydrogen-bond acceptors (Lipinski definition) is 4. The Bertz CT molecular complexity index is 1680. The molecule has 41 heavy (non-hydrogen) atoms. The first-order valence-corrected chi connectivity index (χ1v) is 13.1. The predicted molar refractivity (Wildman–Crippen MR) is 156 cm³/mol. The van der Waals surface area contributed by atoms with Gasteiger partial charge >= 0.3 is 0 Å². The molecule has 2 heterocycles. The molecular weight excluding hydrogens is 523 g/mol. The lowest BCUT2D eigenvalue weighted by Gasteiger charge is -2.15. The fourth-order valence-electron chi connectivity index (χ4n) is 4.82. The van der Waals surface area contributed by atoms with Crippen LogP contribution in [-0.4, -0.2) is 27.8 Å². The summed E-state index contributed by atoms with van der Waals surface area (Å²) in [5.74, 6) is -1.59. The zero-order valence-electron chi connectivity index (χ0n) is 22.7. The maximum Gasteiger partial charge on any atom is 0.257 e. The van der Waals surface area contributed by atoms with Crippen LogP contribution in [0, 0.1) is 19.7 Å². The number of rotatable bonds is 7. The summed E-state index contributed by atoms with van der Waals surface area (Å²) in [7, 11) is 0. The molecule has 0 unspecified atom stereocenters. The summed E-state index contributed by atoms with van der Waals surface area (Å²) in [5.41, 5.74) is 5.55. The summed E-state index contributed by atoms with van der Waals surface area (Å²) in [4.78, 5) is 41.9. The highest BCUT2D eigenvalue weighted by molar-refractivity contribution is 6.35. The summed E-state index contributed by atoms with van der Waals surface area (Å²) in [6.07, 6.45) is 0.338. The van der Waals surface area contributed by atoms with E-state index >= 15 is 0 Å². The maximum atomic E-state index is 13.3. The fourth-order valence-corrected chi connectivity index (χ4v) is 4.82. The van der Waals surface area contributed by atoms with E-state index in [1.54, 1.807) is 87.5 Å². The molecule has 2 atom stereocenters. The van der Waals surface area contributed by atoms with E-state index in [4.69, 9.17) is 0 Å². The van der Waals surface area contributed by atoms with Crippen molar-refractivity contribution in [3.63, 3.8) is 0 Å². The van der Waals surface area contributed by atoms with Crippen molar-refractivity contribution in [2.24, 2.45) is 0 Å². The number of aryl methyl sites for hydroxylation is 1. The van der Waals surface area contributed by atoms with Gasteiger partial charge in [0.1, 0.15) is 5.82 Å². The Morgan fingerprint density at radius 1 is 0.976 bits per heavy atom. The number of halogens is 1. The molecular formula is C32H29FN4O4. The Hall–Kier alpha value is -5.02. The highest BCUT2D eigenvalue weighted by Crippen LogP contribution is 2.36. The lowest BCUT2D eigenvalue weighted by atomic mass is 10.0.